The Morgan fingerprint density at radius 1 is 1.56 bits per heavy atom. The highest BCUT2D eigenvalue weighted by Crippen LogP contribution is 2.14. The lowest BCUT2D eigenvalue weighted by Gasteiger charge is -2.04. The molecule has 7 heteroatoms. The van der Waals surface area contributed by atoms with E-state index in [9.17, 15) is 9.59 Å². The fraction of sp³-hybridized carbons (Fsp3) is 0.273. The summed E-state index contributed by atoms with van der Waals surface area (Å²) in [6.45, 7) is 1.88. The lowest BCUT2D eigenvalue weighted by molar-refractivity contribution is 0.0524. The summed E-state index contributed by atoms with van der Waals surface area (Å²) in [7, 11) is 0. The zero-order chi connectivity index (χ0) is 13.1. The molecule has 0 unspecified atom stereocenters. The maximum Gasteiger partial charge on any atom is 0.343 e. The Labute approximate surface area is 107 Å². The molecule has 0 atom stereocenters. The number of halogens is 1. The molecule has 0 saturated heterocycles. The fourth-order valence-corrected chi connectivity index (χ4v) is 1.74. The molecule has 2 aromatic rings. The van der Waals surface area contributed by atoms with Gasteiger partial charge in [-0.2, -0.15) is 10.2 Å². The highest BCUT2D eigenvalue weighted by Gasteiger charge is 2.14. The van der Waals surface area contributed by atoms with Crippen molar-refractivity contribution < 1.29 is 9.53 Å². The van der Waals surface area contributed by atoms with E-state index in [2.05, 4.69) is 15.2 Å². The minimum Gasteiger partial charge on any atom is -0.462 e. The van der Waals surface area contributed by atoms with Gasteiger partial charge in [-0.25, -0.2) is 4.79 Å². The Morgan fingerprint density at radius 3 is 3.00 bits per heavy atom. The Morgan fingerprint density at radius 2 is 2.33 bits per heavy atom. The zero-order valence-corrected chi connectivity index (χ0v) is 10.3. The molecule has 0 radical (unpaired) electrons. The van der Waals surface area contributed by atoms with E-state index in [1.807, 2.05) is 0 Å². The van der Waals surface area contributed by atoms with Crippen LogP contribution >= 0.6 is 11.6 Å². The molecule has 0 bridgehead atoms. The van der Waals surface area contributed by atoms with Gasteiger partial charge in [0.1, 0.15) is 11.3 Å². The van der Waals surface area contributed by atoms with Crippen molar-refractivity contribution in [2.24, 2.45) is 0 Å². The molecule has 0 fully saturated rings. The van der Waals surface area contributed by atoms with Crippen LogP contribution in [0.3, 0.4) is 0 Å². The quantitative estimate of drug-likeness (QED) is 0.668. The summed E-state index contributed by atoms with van der Waals surface area (Å²) < 4.78 is 4.79. The second-order valence-electron chi connectivity index (χ2n) is 3.49. The summed E-state index contributed by atoms with van der Waals surface area (Å²) in [5.74, 6) is -0.538. The highest BCUT2D eigenvalue weighted by atomic mass is 35.5. The Balaban J connectivity index is 2.63. The van der Waals surface area contributed by atoms with Gasteiger partial charge in [0.25, 0.3) is 5.56 Å². The number of hydrogen-bond donors (Lipinski definition) is 1. The molecule has 1 N–H and O–H groups in total. The third kappa shape index (κ3) is 2.19. The van der Waals surface area contributed by atoms with Gasteiger partial charge in [-0.1, -0.05) is 0 Å². The van der Waals surface area contributed by atoms with Crippen molar-refractivity contribution >= 4 is 28.5 Å². The molecule has 2 rings (SSSR count). The number of fused-ring (bicyclic) bond motifs is 1. The normalized spacial score (nSPS) is 10.6. The SMILES string of the molecule is CCOC(=O)c1cc2cnnc(CCl)c2[nH]c1=O. The minimum absolute atomic E-state index is 0.0575. The van der Waals surface area contributed by atoms with E-state index in [0.29, 0.717) is 16.6 Å². The maximum absolute atomic E-state index is 11.8. The van der Waals surface area contributed by atoms with Gasteiger partial charge in [-0.15, -0.1) is 11.6 Å². The van der Waals surface area contributed by atoms with Crippen LogP contribution in [0.1, 0.15) is 23.0 Å². The minimum atomic E-state index is -0.662. The summed E-state index contributed by atoms with van der Waals surface area (Å²) in [5.41, 5.74) is 0.359. The first kappa shape index (κ1) is 12.5. The standard InChI is InChI=1S/C11H10ClN3O3/c1-2-18-11(17)7-3-6-5-13-15-8(4-12)9(6)14-10(7)16/h3,5H,2,4H2,1H3,(H,14,16). The molecule has 2 aromatic heterocycles. The molecule has 0 amide bonds. The van der Waals surface area contributed by atoms with Gasteiger partial charge in [0.15, 0.2) is 0 Å². The summed E-state index contributed by atoms with van der Waals surface area (Å²) in [6, 6.07) is 1.43. The number of esters is 1. The van der Waals surface area contributed by atoms with Crippen molar-refractivity contribution in [2.75, 3.05) is 6.61 Å². The number of aromatic amines is 1. The number of ether oxygens (including phenoxy) is 1. The number of aromatic nitrogens is 3. The Kier molecular flexibility index (Phi) is 3.57. The van der Waals surface area contributed by atoms with Crippen molar-refractivity contribution in [1.82, 2.24) is 15.2 Å². The van der Waals surface area contributed by atoms with Gasteiger partial charge < -0.3 is 9.72 Å². The molecule has 0 aliphatic rings. The van der Waals surface area contributed by atoms with Gasteiger partial charge in [-0.05, 0) is 13.0 Å². The largest absolute Gasteiger partial charge is 0.462 e. The average Bonchev–Trinajstić information content (AvgIpc) is 2.37. The first-order chi connectivity index (χ1) is 8.67. The van der Waals surface area contributed by atoms with Crippen molar-refractivity contribution in [3.05, 3.63) is 33.9 Å². The third-order valence-electron chi connectivity index (χ3n) is 2.36. The second kappa shape index (κ2) is 5.14. The van der Waals surface area contributed by atoms with Crippen molar-refractivity contribution in [1.29, 1.82) is 0 Å². The van der Waals surface area contributed by atoms with E-state index in [4.69, 9.17) is 16.3 Å². The Hall–Kier alpha value is -1.95. The maximum atomic E-state index is 11.8. The van der Waals surface area contributed by atoms with E-state index >= 15 is 0 Å². The van der Waals surface area contributed by atoms with E-state index in [-0.39, 0.29) is 18.1 Å². The molecule has 0 aliphatic heterocycles. The van der Waals surface area contributed by atoms with E-state index in [1.165, 1.54) is 12.3 Å². The molecule has 0 aromatic carbocycles. The van der Waals surface area contributed by atoms with Crippen molar-refractivity contribution in [3.8, 4) is 0 Å². The van der Waals surface area contributed by atoms with Crippen LogP contribution in [-0.4, -0.2) is 27.8 Å². The monoisotopic (exact) mass is 267 g/mol. The lowest BCUT2D eigenvalue weighted by Crippen LogP contribution is -2.20. The number of rotatable bonds is 3. The number of hydrogen-bond acceptors (Lipinski definition) is 5. The van der Waals surface area contributed by atoms with E-state index in [0.717, 1.165) is 0 Å². The number of alkyl halides is 1. The molecular formula is C11H10ClN3O3. The van der Waals surface area contributed by atoms with Gasteiger partial charge in [0.05, 0.1) is 24.2 Å². The van der Waals surface area contributed by atoms with Crippen LogP contribution < -0.4 is 5.56 Å². The number of nitrogens with one attached hydrogen (secondary N) is 1. The predicted molar refractivity (Wildman–Crippen MR) is 65.7 cm³/mol. The number of carbonyl (C=O) groups is 1. The molecule has 6 nitrogen and oxygen atoms in total. The van der Waals surface area contributed by atoms with Gasteiger partial charge >= 0.3 is 5.97 Å². The summed E-state index contributed by atoms with van der Waals surface area (Å²) >= 11 is 5.69. The number of carbonyl (C=O) groups excluding carboxylic acids is 1. The van der Waals surface area contributed by atoms with Crippen LogP contribution in [0.15, 0.2) is 17.1 Å². The number of nitrogens with zero attached hydrogens (tertiary/aromatic N) is 2. The van der Waals surface area contributed by atoms with Crippen LogP contribution in [-0.2, 0) is 10.6 Å². The molecule has 2 heterocycles. The molecule has 0 spiro atoms. The van der Waals surface area contributed by atoms with E-state index < -0.39 is 11.5 Å². The third-order valence-corrected chi connectivity index (χ3v) is 2.61. The molecule has 0 saturated carbocycles. The average molecular weight is 268 g/mol. The lowest BCUT2D eigenvalue weighted by atomic mass is 10.2. The predicted octanol–water partition coefficient (Wildman–Crippen LogP) is 1.23. The summed E-state index contributed by atoms with van der Waals surface area (Å²) in [5, 5.41) is 8.15. The van der Waals surface area contributed by atoms with Crippen molar-refractivity contribution in [3.63, 3.8) is 0 Å². The van der Waals surface area contributed by atoms with Crippen LogP contribution in [0.2, 0.25) is 0 Å². The second-order valence-corrected chi connectivity index (χ2v) is 3.76. The first-order valence-corrected chi connectivity index (χ1v) is 5.81. The number of pyridine rings is 1. The van der Waals surface area contributed by atoms with Crippen LogP contribution in [0, 0.1) is 0 Å². The van der Waals surface area contributed by atoms with Gasteiger partial charge in [-0.3, -0.25) is 4.79 Å². The smallest absolute Gasteiger partial charge is 0.343 e. The van der Waals surface area contributed by atoms with Crippen LogP contribution in [0.25, 0.3) is 10.9 Å². The summed E-state index contributed by atoms with van der Waals surface area (Å²) in [4.78, 5) is 25.9. The molecule has 0 aliphatic carbocycles. The fourth-order valence-electron chi connectivity index (χ4n) is 1.55. The van der Waals surface area contributed by atoms with Crippen LogP contribution in [0.4, 0.5) is 0 Å². The first-order valence-electron chi connectivity index (χ1n) is 5.28. The molecule has 18 heavy (non-hydrogen) atoms. The van der Waals surface area contributed by atoms with Crippen molar-refractivity contribution in [2.45, 2.75) is 12.8 Å². The molecular weight excluding hydrogens is 258 g/mol. The highest BCUT2D eigenvalue weighted by molar-refractivity contribution is 6.17. The zero-order valence-electron chi connectivity index (χ0n) is 9.57. The van der Waals surface area contributed by atoms with Gasteiger partial charge in [0, 0.05) is 5.39 Å². The number of H-pyrrole nitrogens is 1. The summed E-state index contributed by atoms with van der Waals surface area (Å²) in [6.07, 6.45) is 1.45. The van der Waals surface area contributed by atoms with Crippen LogP contribution in [0.5, 0.6) is 0 Å². The molecule has 94 valence electrons. The Bertz CT molecular complexity index is 654. The van der Waals surface area contributed by atoms with E-state index in [1.54, 1.807) is 6.92 Å². The van der Waals surface area contributed by atoms with Gasteiger partial charge in [0.2, 0.25) is 0 Å². The topological polar surface area (TPSA) is 84.9 Å².